The molecular weight excluding hydrogens is 665 g/mol. The first-order valence-electron chi connectivity index (χ1n) is 16.8. The fourth-order valence-corrected chi connectivity index (χ4v) is 7.34. The second-order valence-electron chi connectivity index (χ2n) is 13.6. The number of Topliss-reactive ketones (excluding diaryl/α,β-unsaturated/α-hetero) is 1. The lowest BCUT2D eigenvalue weighted by Gasteiger charge is -2.40. The molecule has 0 spiro atoms. The van der Waals surface area contributed by atoms with Crippen molar-refractivity contribution in [3.63, 3.8) is 0 Å². The Balaban J connectivity index is 0.000000232. The Labute approximate surface area is 289 Å². The number of ether oxygens (including phenoxy) is 3. The van der Waals surface area contributed by atoms with E-state index in [-0.39, 0.29) is 49.3 Å². The molecule has 13 heteroatoms. The zero-order valence-corrected chi connectivity index (χ0v) is 28.5. The molecule has 3 heterocycles. The van der Waals surface area contributed by atoms with Crippen LogP contribution in [0.2, 0.25) is 5.02 Å². The van der Waals surface area contributed by atoms with Crippen molar-refractivity contribution in [3.05, 3.63) is 69.7 Å². The van der Waals surface area contributed by atoms with Gasteiger partial charge in [0.15, 0.2) is 11.9 Å². The lowest BCUT2D eigenvalue weighted by Crippen LogP contribution is -2.51. The molecule has 3 fully saturated rings. The number of hydrogen-bond acceptors (Lipinski definition) is 8. The summed E-state index contributed by atoms with van der Waals surface area (Å²) in [6, 6.07) is 10.4. The number of fused-ring (bicyclic) bond motifs is 1. The van der Waals surface area contributed by atoms with Crippen LogP contribution in [0.25, 0.3) is 0 Å². The van der Waals surface area contributed by atoms with Gasteiger partial charge in [-0.05, 0) is 79.5 Å². The number of rotatable bonds is 6. The van der Waals surface area contributed by atoms with E-state index in [2.05, 4.69) is 19.2 Å². The summed E-state index contributed by atoms with van der Waals surface area (Å²) in [6.45, 7) is 6.34. The summed E-state index contributed by atoms with van der Waals surface area (Å²) in [4.78, 5) is 38.7. The molecule has 2 N–H and O–H groups in total. The molecule has 6 rings (SSSR count). The fraction of sp³-hybridized carbons (Fsp3) is 0.583. The first-order chi connectivity index (χ1) is 23.3. The number of esters is 1. The summed E-state index contributed by atoms with van der Waals surface area (Å²) in [6.07, 6.45) is -1.87. The SMILES string of the molecule is CC(C)[C@]1(C(=O)N2CCc3ccc(C(F)(F)F)cc3C2)CC[C@@H](NC2CCOCC2O)C1.O=C(OC1COCCC1=O)c1cccc(Cl)c1. The molecule has 1 aliphatic carbocycles. The van der Waals surface area contributed by atoms with Crippen LogP contribution >= 0.6 is 11.6 Å². The third-order valence-electron chi connectivity index (χ3n) is 10.1. The van der Waals surface area contributed by atoms with E-state index in [1.54, 1.807) is 29.2 Å². The third kappa shape index (κ3) is 9.02. The zero-order chi connectivity index (χ0) is 35.3. The molecule has 3 aliphatic heterocycles. The second-order valence-corrected chi connectivity index (χ2v) is 14.0. The Morgan fingerprint density at radius 2 is 1.84 bits per heavy atom. The summed E-state index contributed by atoms with van der Waals surface area (Å²) < 4.78 is 55.0. The molecule has 3 unspecified atom stereocenters. The topological polar surface area (TPSA) is 114 Å². The Kier molecular flexibility index (Phi) is 12.1. The van der Waals surface area contributed by atoms with Gasteiger partial charge in [-0.25, -0.2) is 4.79 Å². The molecule has 4 aliphatic rings. The largest absolute Gasteiger partial charge is 0.448 e. The van der Waals surface area contributed by atoms with Gasteiger partial charge in [0.25, 0.3) is 0 Å². The van der Waals surface area contributed by atoms with Gasteiger partial charge in [0.05, 0.1) is 42.5 Å². The maximum atomic E-state index is 13.8. The van der Waals surface area contributed by atoms with Gasteiger partial charge in [-0.2, -0.15) is 13.2 Å². The number of ketones is 1. The lowest BCUT2D eigenvalue weighted by molar-refractivity contribution is -0.146. The molecule has 268 valence electrons. The van der Waals surface area contributed by atoms with E-state index in [0.717, 1.165) is 30.9 Å². The summed E-state index contributed by atoms with van der Waals surface area (Å²) >= 11 is 5.76. The van der Waals surface area contributed by atoms with Crippen molar-refractivity contribution in [2.24, 2.45) is 11.3 Å². The zero-order valence-electron chi connectivity index (χ0n) is 27.8. The van der Waals surface area contributed by atoms with Gasteiger partial charge in [0.1, 0.15) is 0 Å². The first-order valence-corrected chi connectivity index (χ1v) is 17.2. The number of halogens is 4. The molecule has 0 radical (unpaired) electrons. The third-order valence-corrected chi connectivity index (χ3v) is 10.4. The monoisotopic (exact) mass is 708 g/mol. The number of carbonyl (C=O) groups excluding carboxylic acids is 3. The number of nitrogens with one attached hydrogen (secondary N) is 1. The van der Waals surface area contributed by atoms with Crippen molar-refractivity contribution in [3.8, 4) is 0 Å². The number of carbonyl (C=O) groups is 3. The molecule has 0 aromatic heterocycles. The molecule has 5 atom stereocenters. The maximum Gasteiger partial charge on any atom is 0.416 e. The van der Waals surface area contributed by atoms with E-state index in [0.29, 0.717) is 55.4 Å². The molecule has 2 aromatic carbocycles. The van der Waals surface area contributed by atoms with Gasteiger partial charge in [0.2, 0.25) is 5.91 Å². The van der Waals surface area contributed by atoms with Gasteiger partial charge in [-0.3, -0.25) is 9.59 Å². The number of aliphatic hydroxyl groups is 1. The molecule has 2 aromatic rings. The molecule has 0 bridgehead atoms. The van der Waals surface area contributed by atoms with Gasteiger partial charge >= 0.3 is 12.1 Å². The van der Waals surface area contributed by atoms with Gasteiger partial charge < -0.3 is 29.5 Å². The van der Waals surface area contributed by atoms with E-state index < -0.39 is 35.3 Å². The number of benzene rings is 2. The minimum atomic E-state index is -4.39. The van der Waals surface area contributed by atoms with Gasteiger partial charge in [-0.1, -0.05) is 37.6 Å². The van der Waals surface area contributed by atoms with Crippen molar-refractivity contribution in [1.82, 2.24) is 10.2 Å². The van der Waals surface area contributed by atoms with Crippen LogP contribution < -0.4 is 5.32 Å². The van der Waals surface area contributed by atoms with Crippen molar-refractivity contribution >= 4 is 29.3 Å². The minimum absolute atomic E-state index is 0.0329. The molecular formula is C36H44ClF3N2O7. The number of amides is 1. The molecule has 49 heavy (non-hydrogen) atoms. The van der Waals surface area contributed by atoms with E-state index in [4.69, 9.17) is 25.8 Å². The first kappa shape index (κ1) is 37.2. The van der Waals surface area contributed by atoms with Crippen LogP contribution in [-0.2, 0) is 42.9 Å². The lowest BCUT2D eigenvalue weighted by atomic mass is 9.73. The fourth-order valence-electron chi connectivity index (χ4n) is 7.15. The highest BCUT2D eigenvalue weighted by Crippen LogP contribution is 2.47. The normalized spacial score (nSPS) is 27.3. The highest BCUT2D eigenvalue weighted by Gasteiger charge is 2.50. The summed E-state index contributed by atoms with van der Waals surface area (Å²) in [5.41, 5.74) is 0.615. The predicted molar refractivity (Wildman–Crippen MR) is 175 cm³/mol. The second kappa shape index (κ2) is 15.9. The summed E-state index contributed by atoms with van der Waals surface area (Å²) in [7, 11) is 0. The van der Waals surface area contributed by atoms with E-state index >= 15 is 0 Å². The number of nitrogens with zero attached hydrogens (tertiary/aromatic N) is 1. The summed E-state index contributed by atoms with van der Waals surface area (Å²) in [5.74, 6) is -0.500. The smallest absolute Gasteiger partial charge is 0.416 e. The maximum absolute atomic E-state index is 13.8. The number of alkyl halides is 3. The van der Waals surface area contributed by atoms with E-state index in [1.165, 1.54) is 12.1 Å². The Bertz CT molecular complexity index is 1510. The molecule has 1 saturated carbocycles. The summed E-state index contributed by atoms with van der Waals surface area (Å²) in [5, 5.41) is 14.2. The standard InChI is InChI=1S/C24H33F3N2O3.C12H11ClO4/c1-15(2)23(8-5-19(12-23)28-20-7-10-32-14-21(20)30)22(31)29-9-6-16-3-4-18(24(25,26)27)11-17(16)13-29;13-9-3-1-2-8(6-9)12(15)17-11-7-16-5-4-10(11)14/h3-4,11,15,19-21,28,30H,5-10,12-14H2,1-2H3;1-3,6,11H,4-5,7H2/t19-,20?,21?,23+;/m1./s1. The Morgan fingerprint density at radius 3 is 2.53 bits per heavy atom. The van der Waals surface area contributed by atoms with E-state index in [1.807, 2.05) is 0 Å². The highest BCUT2D eigenvalue weighted by atomic mass is 35.5. The van der Waals surface area contributed by atoms with Crippen LogP contribution in [-0.4, -0.2) is 84.9 Å². The van der Waals surface area contributed by atoms with Crippen LogP contribution in [0.3, 0.4) is 0 Å². The van der Waals surface area contributed by atoms with Crippen LogP contribution in [0.15, 0.2) is 42.5 Å². The molecule has 9 nitrogen and oxygen atoms in total. The molecule has 1 amide bonds. The quantitative estimate of drug-likeness (QED) is 0.385. The van der Waals surface area contributed by atoms with Crippen molar-refractivity contribution < 1.29 is 46.9 Å². The average molecular weight is 709 g/mol. The van der Waals surface area contributed by atoms with Crippen molar-refractivity contribution in [2.75, 3.05) is 33.0 Å². The van der Waals surface area contributed by atoms with Crippen LogP contribution in [0.1, 0.15) is 73.0 Å². The Hall–Kier alpha value is -3.03. The van der Waals surface area contributed by atoms with Crippen LogP contribution in [0.4, 0.5) is 13.2 Å². The average Bonchev–Trinajstić information content (AvgIpc) is 3.51. The van der Waals surface area contributed by atoms with Crippen LogP contribution in [0, 0.1) is 11.3 Å². The van der Waals surface area contributed by atoms with E-state index in [9.17, 15) is 32.7 Å². The predicted octanol–water partition coefficient (Wildman–Crippen LogP) is 5.38. The van der Waals surface area contributed by atoms with Gasteiger partial charge in [-0.15, -0.1) is 0 Å². The van der Waals surface area contributed by atoms with Gasteiger partial charge in [0, 0.05) is 43.2 Å². The van der Waals surface area contributed by atoms with Crippen LogP contribution in [0.5, 0.6) is 0 Å². The van der Waals surface area contributed by atoms with Crippen molar-refractivity contribution in [1.29, 1.82) is 0 Å². The highest BCUT2D eigenvalue weighted by molar-refractivity contribution is 6.30. The Morgan fingerprint density at radius 1 is 1.06 bits per heavy atom. The molecule has 2 saturated heterocycles. The number of hydrogen-bond donors (Lipinski definition) is 2. The van der Waals surface area contributed by atoms with Crippen molar-refractivity contribution in [2.45, 2.75) is 89.4 Å². The number of aliphatic hydroxyl groups excluding tert-OH is 1. The minimum Gasteiger partial charge on any atom is -0.448 e.